The molecule has 0 bridgehead atoms. The average molecular weight is 466 g/mol. The summed E-state index contributed by atoms with van der Waals surface area (Å²) in [5, 5.41) is 2.92. The number of halogens is 1. The first kappa shape index (κ1) is 21.7. The molecule has 0 aliphatic heterocycles. The highest BCUT2D eigenvalue weighted by Crippen LogP contribution is 2.37. The second-order valence-electron chi connectivity index (χ2n) is 6.95. The van der Waals surface area contributed by atoms with Crippen molar-refractivity contribution in [3.63, 3.8) is 0 Å². The SMILES string of the molecule is COc1cc(C=CC(=O)Nc2cc(C)ccc2C)cc(Br)c1OCc1ccccc1. The van der Waals surface area contributed by atoms with Crippen molar-refractivity contribution in [1.82, 2.24) is 0 Å². The Labute approximate surface area is 185 Å². The van der Waals surface area contributed by atoms with E-state index in [2.05, 4.69) is 21.2 Å². The van der Waals surface area contributed by atoms with E-state index in [4.69, 9.17) is 9.47 Å². The quantitative estimate of drug-likeness (QED) is 0.416. The Morgan fingerprint density at radius 2 is 1.83 bits per heavy atom. The van der Waals surface area contributed by atoms with Crippen molar-refractivity contribution in [2.24, 2.45) is 0 Å². The van der Waals surface area contributed by atoms with E-state index in [-0.39, 0.29) is 5.91 Å². The van der Waals surface area contributed by atoms with Crippen LogP contribution < -0.4 is 14.8 Å². The number of rotatable bonds is 7. The Bertz CT molecular complexity index is 1060. The van der Waals surface area contributed by atoms with Crippen molar-refractivity contribution in [3.8, 4) is 11.5 Å². The van der Waals surface area contributed by atoms with Crippen LogP contribution >= 0.6 is 15.9 Å². The van der Waals surface area contributed by atoms with E-state index in [9.17, 15) is 4.79 Å². The average Bonchev–Trinajstić information content (AvgIpc) is 2.74. The van der Waals surface area contributed by atoms with Gasteiger partial charge >= 0.3 is 0 Å². The molecular weight excluding hydrogens is 442 g/mol. The van der Waals surface area contributed by atoms with Gasteiger partial charge in [0, 0.05) is 11.8 Å². The van der Waals surface area contributed by atoms with Crippen molar-refractivity contribution < 1.29 is 14.3 Å². The molecule has 0 aromatic heterocycles. The number of hydrogen-bond donors (Lipinski definition) is 1. The zero-order chi connectivity index (χ0) is 21.5. The zero-order valence-corrected chi connectivity index (χ0v) is 18.8. The Morgan fingerprint density at radius 3 is 2.57 bits per heavy atom. The van der Waals surface area contributed by atoms with Gasteiger partial charge in [-0.15, -0.1) is 0 Å². The summed E-state index contributed by atoms with van der Waals surface area (Å²) >= 11 is 3.55. The molecule has 0 aliphatic carbocycles. The van der Waals surface area contributed by atoms with Crippen molar-refractivity contribution >= 4 is 33.6 Å². The minimum atomic E-state index is -0.191. The van der Waals surface area contributed by atoms with E-state index in [1.807, 2.05) is 74.5 Å². The number of methoxy groups -OCH3 is 1. The van der Waals surface area contributed by atoms with Gasteiger partial charge in [0.1, 0.15) is 6.61 Å². The van der Waals surface area contributed by atoms with Gasteiger partial charge in [-0.2, -0.15) is 0 Å². The molecule has 0 saturated heterocycles. The third-order valence-electron chi connectivity index (χ3n) is 4.56. The Kier molecular flexibility index (Phi) is 7.31. The van der Waals surface area contributed by atoms with Gasteiger partial charge in [0.2, 0.25) is 5.91 Å². The summed E-state index contributed by atoms with van der Waals surface area (Å²) in [6.45, 7) is 4.40. The van der Waals surface area contributed by atoms with Gasteiger partial charge in [-0.3, -0.25) is 4.79 Å². The first-order valence-corrected chi connectivity index (χ1v) is 10.4. The standard InChI is InChI=1S/C25H24BrNO3/c1-17-9-10-18(2)22(13-17)27-24(28)12-11-20-14-21(26)25(23(15-20)29-3)30-16-19-7-5-4-6-8-19/h4-15H,16H2,1-3H3,(H,27,28). The maximum Gasteiger partial charge on any atom is 0.248 e. The number of ether oxygens (including phenoxy) is 2. The van der Waals surface area contributed by atoms with Gasteiger partial charge in [-0.1, -0.05) is 42.5 Å². The summed E-state index contributed by atoms with van der Waals surface area (Å²) < 4.78 is 12.2. The number of hydrogen-bond acceptors (Lipinski definition) is 3. The summed E-state index contributed by atoms with van der Waals surface area (Å²) in [5.41, 5.74) is 4.82. The molecule has 5 heteroatoms. The predicted octanol–water partition coefficient (Wildman–Crippen LogP) is 6.31. The van der Waals surface area contributed by atoms with Crippen molar-refractivity contribution in [2.45, 2.75) is 20.5 Å². The topological polar surface area (TPSA) is 47.6 Å². The molecule has 0 aliphatic rings. The zero-order valence-electron chi connectivity index (χ0n) is 17.2. The Morgan fingerprint density at radius 1 is 1.07 bits per heavy atom. The van der Waals surface area contributed by atoms with Gasteiger partial charge < -0.3 is 14.8 Å². The van der Waals surface area contributed by atoms with E-state index in [0.717, 1.165) is 32.4 Å². The first-order valence-electron chi connectivity index (χ1n) is 9.57. The smallest absolute Gasteiger partial charge is 0.248 e. The molecule has 0 unspecified atom stereocenters. The van der Waals surface area contributed by atoms with Crippen LogP contribution in [0.3, 0.4) is 0 Å². The maximum absolute atomic E-state index is 12.3. The number of benzene rings is 3. The Hall–Kier alpha value is -3.05. The van der Waals surface area contributed by atoms with Crippen LogP contribution in [0, 0.1) is 13.8 Å². The highest BCUT2D eigenvalue weighted by atomic mass is 79.9. The molecule has 0 radical (unpaired) electrons. The van der Waals surface area contributed by atoms with E-state index in [1.54, 1.807) is 13.2 Å². The highest BCUT2D eigenvalue weighted by molar-refractivity contribution is 9.10. The van der Waals surface area contributed by atoms with Crippen LogP contribution in [0.25, 0.3) is 6.08 Å². The molecule has 3 aromatic rings. The van der Waals surface area contributed by atoms with Crippen molar-refractivity contribution in [3.05, 3.63) is 93.5 Å². The van der Waals surface area contributed by atoms with Crippen LogP contribution in [0.1, 0.15) is 22.3 Å². The Balaban J connectivity index is 1.72. The minimum Gasteiger partial charge on any atom is -0.493 e. The molecule has 3 rings (SSSR count). The summed E-state index contributed by atoms with van der Waals surface area (Å²) in [6.07, 6.45) is 3.25. The molecular formula is C25H24BrNO3. The van der Waals surface area contributed by atoms with E-state index in [0.29, 0.717) is 18.1 Å². The molecule has 0 saturated carbocycles. The third-order valence-corrected chi connectivity index (χ3v) is 5.14. The van der Waals surface area contributed by atoms with Crippen molar-refractivity contribution in [1.29, 1.82) is 0 Å². The van der Waals surface area contributed by atoms with Gasteiger partial charge in [-0.05, 0) is 76.3 Å². The second kappa shape index (κ2) is 10.1. The minimum absolute atomic E-state index is 0.191. The molecule has 1 N–H and O–H groups in total. The lowest BCUT2D eigenvalue weighted by Crippen LogP contribution is -2.09. The molecule has 0 heterocycles. The fraction of sp³-hybridized carbons (Fsp3) is 0.160. The molecule has 30 heavy (non-hydrogen) atoms. The summed E-state index contributed by atoms with van der Waals surface area (Å²) in [7, 11) is 1.60. The molecule has 0 spiro atoms. The number of carbonyl (C=O) groups is 1. The first-order chi connectivity index (χ1) is 14.5. The summed E-state index contributed by atoms with van der Waals surface area (Å²) in [4.78, 5) is 12.3. The van der Waals surface area contributed by atoms with Crippen LogP contribution in [0.4, 0.5) is 5.69 Å². The predicted molar refractivity (Wildman–Crippen MR) is 125 cm³/mol. The number of amides is 1. The number of anilines is 1. The van der Waals surface area contributed by atoms with Gasteiger partial charge in [-0.25, -0.2) is 0 Å². The van der Waals surface area contributed by atoms with E-state index < -0.39 is 0 Å². The number of nitrogens with one attached hydrogen (secondary N) is 1. The van der Waals surface area contributed by atoms with Crippen LogP contribution in [-0.2, 0) is 11.4 Å². The molecule has 0 atom stereocenters. The monoisotopic (exact) mass is 465 g/mol. The van der Waals surface area contributed by atoms with Crippen LogP contribution in [0.5, 0.6) is 11.5 Å². The lowest BCUT2D eigenvalue weighted by atomic mass is 10.1. The number of carbonyl (C=O) groups excluding carboxylic acids is 1. The third kappa shape index (κ3) is 5.74. The largest absolute Gasteiger partial charge is 0.493 e. The van der Waals surface area contributed by atoms with Gasteiger partial charge in [0.25, 0.3) is 0 Å². The van der Waals surface area contributed by atoms with E-state index >= 15 is 0 Å². The fourth-order valence-electron chi connectivity index (χ4n) is 2.92. The molecule has 3 aromatic carbocycles. The molecule has 154 valence electrons. The van der Waals surface area contributed by atoms with Crippen LogP contribution in [-0.4, -0.2) is 13.0 Å². The lowest BCUT2D eigenvalue weighted by Gasteiger charge is -2.13. The number of aryl methyl sites for hydroxylation is 2. The van der Waals surface area contributed by atoms with Gasteiger partial charge in [0.05, 0.1) is 11.6 Å². The van der Waals surface area contributed by atoms with Crippen LogP contribution in [0.2, 0.25) is 0 Å². The van der Waals surface area contributed by atoms with E-state index in [1.165, 1.54) is 6.08 Å². The highest BCUT2D eigenvalue weighted by Gasteiger charge is 2.11. The molecule has 0 fully saturated rings. The molecule has 1 amide bonds. The van der Waals surface area contributed by atoms with Crippen molar-refractivity contribution in [2.75, 3.05) is 12.4 Å². The summed E-state index contributed by atoms with van der Waals surface area (Å²) in [6, 6.07) is 19.6. The molecule has 4 nitrogen and oxygen atoms in total. The summed E-state index contributed by atoms with van der Waals surface area (Å²) in [5.74, 6) is 1.02. The normalized spacial score (nSPS) is 10.8. The van der Waals surface area contributed by atoms with Crippen LogP contribution in [0.15, 0.2) is 71.2 Å². The lowest BCUT2D eigenvalue weighted by molar-refractivity contribution is -0.111. The maximum atomic E-state index is 12.3. The van der Waals surface area contributed by atoms with Gasteiger partial charge in [0.15, 0.2) is 11.5 Å². The fourth-order valence-corrected chi connectivity index (χ4v) is 3.50. The second-order valence-corrected chi connectivity index (χ2v) is 7.80.